The van der Waals surface area contributed by atoms with Crippen molar-refractivity contribution in [3.63, 3.8) is 0 Å². The van der Waals surface area contributed by atoms with E-state index in [1.807, 2.05) is 0 Å². The molecule has 10 atom stereocenters. The minimum Gasteiger partial charge on any atom is -0.396 e. The third kappa shape index (κ3) is 4.28. The van der Waals surface area contributed by atoms with Crippen LogP contribution in [0.25, 0.3) is 0 Å². The van der Waals surface area contributed by atoms with E-state index in [0.29, 0.717) is 0 Å². The highest BCUT2D eigenvalue weighted by molar-refractivity contribution is 4.95. The van der Waals surface area contributed by atoms with Crippen LogP contribution in [0.3, 0.4) is 0 Å². The molecular weight excluding hydrogens is 344 g/mol. The van der Waals surface area contributed by atoms with Crippen molar-refractivity contribution in [1.29, 1.82) is 0 Å². The molecule has 10 unspecified atom stereocenters. The minimum absolute atomic E-state index is 0.0293. The number of aliphatic hydroxyl groups is 8. The largest absolute Gasteiger partial charge is 0.396 e. The summed E-state index contributed by atoms with van der Waals surface area (Å²) < 4.78 is 16.0. The molecule has 2 rings (SSSR count). The third-order valence-corrected chi connectivity index (χ3v) is 4.52. The maximum atomic E-state index is 10.2. The van der Waals surface area contributed by atoms with Gasteiger partial charge in [-0.1, -0.05) is 0 Å². The predicted octanol–water partition coefficient (Wildman–Crippen LogP) is -4.96. The van der Waals surface area contributed by atoms with Gasteiger partial charge >= 0.3 is 0 Å². The van der Waals surface area contributed by atoms with E-state index in [1.165, 1.54) is 0 Å². The Labute approximate surface area is 143 Å². The average Bonchev–Trinajstić information content (AvgIpc) is 2.61. The first-order chi connectivity index (χ1) is 11.8. The van der Waals surface area contributed by atoms with Crippen molar-refractivity contribution in [1.82, 2.24) is 0 Å². The normalized spacial score (nSPS) is 48.5. The van der Waals surface area contributed by atoms with Gasteiger partial charge in [0.05, 0.1) is 19.3 Å². The first kappa shape index (κ1) is 20.9. The molecular formula is C14H26O11. The van der Waals surface area contributed by atoms with E-state index in [2.05, 4.69) is 0 Å². The fraction of sp³-hybridized carbons (Fsp3) is 1.00. The number of hydrogen-bond acceptors (Lipinski definition) is 11. The molecule has 8 N–H and O–H groups in total. The van der Waals surface area contributed by atoms with Crippen LogP contribution in [0.2, 0.25) is 0 Å². The second kappa shape index (κ2) is 8.97. The van der Waals surface area contributed by atoms with Crippen LogP contribution in [0.1, 0.15) is 6.42 Å². The summed E-state index contributed by atoms with van der Waals surface area (Å²) in [5.41, 5.74) is 0. The van der Waals surface area contributed by atoms with Gasteiger partial charge in [-0.2, -0.15) is 0 Å². The minimum atomic E-state index is -1.70. The quantitative estimate of drug-likeness (QED) is 0.223. The molecule has 0 amide bonds. The van der Waals surface area contributed by atoms with E-state index in [4.69, 9.17) is 24.4 Å². The summed E-state index contributed by atoms with van der Waals surface area (Å²) in [7, 11) is 0. The van der Waals surface area contributed by atoms with Gasteiger partial charge in [-0.15, -0.1) is 0 Å². The Morgan fingerprint density at radius 2 is 1.24 bits per heavy atom. The summed E-state index contributed by atoms with van der Waals surface area (Å²) in [4.78, 5) is 0. The van der Waals surface area contributed by atoms with Crippen LogP contribution in [0, 0.1) is 0 Å². The fourth-order valence-corrected chi connectivity index (χ4v) is 3.03. The SMILES string of the molecule is OCCC1OC(CO)C(OC2OC(CO)C(O)C(O)C2O)C(O)C1O. The second-order valence-electron chi connectivity index (χ2n) is 6.19. The molecule has 0 bridgehead atoms. The molecule has 25 heavy (non-hydrogen) atoms. The number of hydrogen-bond donors (Lipinski definition) is 8. The van der Waals surface area contributed by atoms with Crippen LogP contribution >= 0.6 is 0 Å². The van der Waals surface area contributed by atoms with Gasteiger partial charge in [0.25, 0.3) is 0 Å². The van der Waals surface area contributed by atoms with Crippen molar-refractivity contribution in [2.75, 3.05) is 19.8 Å². The Balaban J connectivity index is 2.11. The van der Waals surface area contributed by atoms with Gasteiger partial charge in [0, 0.05) is 6.61 Å². The summed E-state index contributed by atoms with van der Waals surface area (Å²) >= 11 is 0. The van der Waals surface area contributed by atoms with Gasteiger partial charge < -0.3 is 55.1 Å². The molecule has 0 radical (unpaired) electrons. The topological polar surface area (TPSA) is 190 Å². The molecule has 0 saturated carbocycles. The smallest absolute Gasteiger partial charge is 0.187 e. The van der Waals surface area contributed by atoms with Crippen molar-refractivity contribution in [3.8, 4) is 0 Å². The molecule has 11 nitrogen and oxygen atoms in total. The fourth-order valence-electron chi connectivity index (χ4n) is 3.03. The summed E-state index contributed by atoms with van der Waals surface area (Å²) in [6.45, 7) is -1.54. The van der Waals surface area contributed by atoms with E-state index >= 15 is 0 Å². The van der Waals surface area contributed by atoms with Crippen LogP contribution in [-0.2, 0) is 14.2 Å². The van der Waals surface area contributed by atoms with Crippen molar-refractivity contribution in [3.05, 3.63) is 0 Å². The van der Waals surface area contributed by atoms with E-state index in [1.54, 1.807) is 0 Å². The number of ether oxygens (including phenoxy) is 3. The molecule has 0 aliphatic carbocycles. The average molecular weight is 370 g/mol. The first-order valence-corrected chi connectivity index (χ1v) is 8.05. The number of aliphatic hydroxyl groups excluding tert-OH is 8. The van der Waals surface area contributed by atoms with E-state index in [-0.39, 0.29) is 13.0 Å². The van der Waals surface area contributed by atoms with Crippen LogP contribution in [0.5, 0.6) is 0 Å². The molecule has 2 saturated heterocycles. The molecule has 2 fully saturated rings. The Morgan fingerprint density at radius 3 is 1.80 bits per heavy atom. The van der Waals surface area contributed by atoms with Gasteiger partial charge in [-0.3, -0.25) is 0 Å². The molecule has 2 heterocycles. The Morgan fingerprint density at radius 1 is 0.640 bits per heavy atom. The van der Waals surface area contributed by atoms with Gasteiger partial charge in [0.15, 0.2) is 6.29 Å². The highest BCUT2D eigenvalue weighted by Gasteiger charge is 2.50. The Hall–Kier alpha value is -0.440. The second-order valence-corrected chi connectivity index (χ2v) is 6.19. The molecule has 2 aliphatic rings. The monoisotopic (exact) mass is 370 g/mol. The van der Waals surface area contributed by atoms with Crippen molar-refractivity contribution in [2.45, 2.75) is 67.6 Å². The van der Waals surface area contributed by atoms with E-state index < -0.39 is 74.4 Å². The van der Waals surface area contributed by atoms with Gasteiger partial charge in [0.2, 0.25) is 0 Å². The molecule has 2 aliphatic heterocycles. The summed E-state index contributed by atoms with van der Waals surface area (Å²) in [6, 6.07) is 0. The highest BCUT2D eigenvalue weighted by atomic mass is 16.7. The van der Waals surface area contributed by atoms with Gasteiger partial charge in [0.1, 0.15) is 48.8 Å². The van der Waals surface area contributed by atoms with Crippen LogP contribution < -0.4 is 0 Å². The lowest BCUT2D eigenvalue weighted by Gasteiger charge is -2.46. The molecule has 11 heteroatoms. The van der Waals surface area contributed by atoms with Crippen LogP contribution in [-0.4, -0.2) is 122 Å². The highest BCUT2D eigenvalue weighted by Crippen LogP contribution is 2.29. The predicted molar refractivity (Wildman–Crippen MR) is 78.1 cm³/mol. The molecule has 148 valence electrons. The molecule has 0 aromatic rings. The van der Waals surface area contributed by atoms with Crippen molar-refractivity contribution >= 4 is 0 Å². The van der Waals surface area contributed by atoms with E-state index in [0.717, 1.165) is 0 Å². The number of rotatable bonds is 6. The van der Waals surface area contributed by atoms with Crippen molar-refractivity contribution in [2.24, 2.45) is 0 Å². The maximum absolute atomic E-state index is 10.2. The molecule has 0 aromatic heterocycles. The molecule has 0 aromatic carbocycles. The molecule has 0 spiro atoms. The Bertz CT molecular complexity index is 406. The van der Waals surface area contributed by atoms with Crippen molar-refractivity contribution < 1.29 is 55.1 Å². The summed E-state index contributed by atoms with van der Waals surface area (Å²) in [5, 5.41) is 77.4. The lowest BCUT2D eigenvalue weighted by Crippen LogP contribution is -2.64. The zero-order valence-electron chi connectivity index (χ0n) is 13.4. The summed E-state index contributed by atoms with van der Waals surface area (Å²) in [6.07, 6.45) is -14.0. The van der Waals surface area contributed by atoms with Gasteiger partial charge in [-0.05, 0) is 6.42 Å². The Kier molecular flexibility index (Phi) is 7.49. The lowest BCUT2D eigenvalue weighted by atomic mass is 9.93. The van der Waals surface area contributed by atoms with E-state index in [9.17, 15) is 30.6 Å². The van der Waals surface area contributed by atoms with Crippen LogP contribution in [0.15, 0.2) is 0 Å². The zero-order chi connectivity index (χ0) is 18.7. The standard InChI is InChI=1S/C14H26O11/c15-2-1-5-8(18)11(21)13(7(4-17)23-5)25-14-12(22)10(20)9(19)6(3-16)24-14/h5-22H,1-4H2. The van der Waals surface area contributed by atoms with Crippen LogP contribution in [0.4, 0.5) is 0 Å². The summed E-state index contributed by atoms with van der Waals surface area (Å²) in [5.74, 6) is 0. The maximum Gasteiger partial charge on any atom is 0.187 e. The lowest BCUT2D eigenvalue weighted by molar-refractivity contribution is -0.342. The van der Waals surface area contributed by atoms with Gasteiger partial charge in [-0.25, -0.2) is 0 Å². The zero-order valence-corrected chi connectivity index (χ0v) is 13.4. The third-order valence-electron chi connectivity index (χ3n) is 4.52. The first-order valence-electron chi connectivity index (χ1n) is 8.05.